The van der Waals surface area contributed by atoms with Gasteiger partial charge in [-0.05, 0) is 25.2 Å². The van der Waals surface area contributed by atoms with E-state index in [1.807, 2.05) is 0 Å². The Hall–Kier alpha value is -0.830. The molecule has 118 valence electrons. The van der Waals surface area contributed by atoms with E-state index in [-0.39, 0.29) is 23.8 Å². The Morgan fingerprint density at radius 2 is 1.85 bits per heavy atom. The number of sulfone groups is 1. The number of carbonyl (C=O) groups excluding carboxylic acids is 1. The third kappa shape index (κ3) is 7.09. The van der Waals surface area contributed by atoms with E-state index in [1.165, 1.54) is 0 Å². The minimum atomic E-state index is -4.78. The molecule has 1 unspecified atom stereocenters. The molecule has 0 spiro atoms. The normalized spacial score (nSPS) is 21.4. The fourth-order valence-corrected chi connectivity index (χ4v) is 3.71. The van der Waals surface area contributed by atoms with Crippen LogP contribution < -0.4 is 0 Å². The first-order chi connectivity index (χ1) is 9.07. The highest BCUT2D eigenvalue weighted by molar-refractivity contribution is 7.91. The molecular formula is C11H17F3O5S. The van der Waals surface area contributed by atoms with Crippen LogP contribution in [0, 0.1) is 5.92 Å². The molecule has 0 bridgehead atoms. The van der Waals surface area contributed by atoms with Crippen LogP contribution in [-0.2, 0) is 24.1 Å². The Morgan fingerprint density at radius 1 is 1.30 bits per heavy atom. The molecule has 0 aromatic carbocycles. The van der Waals surface area contributed by atoms with E-state index in [0.717, 1.165) is 6.92 Å². The van der Waals surface area contributed by atoms with Gasteiger partial charge in [-0.25, -0.2) is 8.42 Å². The van der Waals surface area contributed by atoms with Crippen molar-refractivity contribution in [2.45, 2.75) is 38.7 Å². The minimum absolute atomic E-state index is 0.0184. The standard InChI is InChI=1S/C11H17F3O5S/c1-8(15)19-10(7-18-11(12,13)14)6-9-2-4-20(16,17)5-3-9/h9-10H,2-7H2,1H3. The van der Waals surface area contributed by atoms with E-state index < -0.39 is 34.9 Å². The molecule has 1 atom stereocenters. The zero-order valence-corrected chi connectivity index (χ0v) is 11.8. The average molecular weight is 318 g/mol. The summed E-state index contributed by atoms with van der Waals surface area (Å²) in [6.45, 7) is 0.332. The lowest BCUT2D eigenvalue weighted by Gasteiger charge is -2.26. The van der Waals surface area contributed by atoms with E-state index in [2.05, 4.69) is 4.74 Å². The fraction of sp³-hybridized carbons (Fsp3) is 0.909. The smallest absolute Gasteiger partial charge is 0.460 e. The van der Waals surface area contributed by atoms with Gasteiger partial charge < -0.3 is 4.74 Å². The highest BCUT2D eigenvalue weighted by Gasteiger charge is 2.33. The Balaban J connectivity index is 2.50. The molecule has 9 heteroatoms. The van der Waals surface area contributed by atoms with Crippen molar-refractivity contribution in [1.82, 2.24) is 0 Å². The van der Waals surface area contributed by atoms with Crippen LogP contribution in [0.2, 0.25) is 0 Å². The number of esters is 1. The van der Waals surface area contributed by atoms with Gasteiger partial charge in [0.25, 0.3) is 0 Å². The van der Waals surface area contributed by atoms with Crippen molar-refractivity contribution in [2.24, 2.45) is 5.92 Å². The highest BCUT2D eigenvalue weighted by Crippen LogP contribution is 2.25. The summed E-state index contributed by atoms with van der Waals surface area (Å²) in [7, 11) is -3.03. The van der Waals surface area contributed by atoms with Crippen molar-refractivity contribution in [3.05, 3.63) is 0 Å². The fourth-order valence-electron chi connectivity index (χ4n) is 2.12. The molecule has 1 aliphatic heterocycles. The second kappa shape index (κ2) is 6.75. The quantitative estimate of drug-likeness (QED) is 0.721. The van der Waals surface area contributed by atoms with Crippen molar-refractivity contribution >= 4 is 15.8 Å². The Bertz CT molecular complexity index is 418. The van der Waals surface area contributed by atoms with E-state index >= 15 is 0 Å². The maximum atomic E-state index is 12.0. The van der Waals surface area contributed by atoms with Crippen LogP contribution in [0.15, 0.2) is 0 Å². The molecule has 1 aliphatic rings. The van der Waals surface area contributed by atoms with Gasteiger partial charge in [0, 0.05) is 6.92 Å². The average Bonchev–Trinajstić information content (AvgIpc) is 2.27. The zero-order valence-electron chi connectivity index (χ0n) is 11.0. The summed E-state index contributed by atoms with van der Waals surface area (Å²) in [6, 6.07) is 0. The molecule has 1 saturated heterocycles. The van der Waals surface area contributed by atoms with Crippen LogP contribution in [0.25, 0.3) is 0 Å². The second-order valence-electron chi connectivity index (χ2n) is 4.82. The number of alkyl halides is 3. The number of hydrogen-bond donors (Lipinski definition) is 0. The number of ether oxygens (including phenoxy) is 2. The minimum Gasteiger partial charge on any atom is -0.460 e. The monoisotopic (exact) mass is 318 g/mol. The summed E-state index contributed by atoms with van der Waals surface area (Å²) in [5, 5.41) is 0. The third-order valence-corrected chi connectivity index (χ3v) is 4.75. The molecule has 0 aromatic heterocycles. The van der Waals surface area contributed by atoms with Gasteiger partial charge in [0.15, 0.2) is 0 Å². The number of halogens is 3. The SMILES string of the molecule is CC(=O)OC(COC(F)(F)F)CC1CCS(=O)(=O)CC1. The first kappa shape index (κ1) is 17.2. The van der Waals surface area contributed by atoms with Crippen molar-refractivity contribution in [3.63, 3.8) is 0 Å². The molecule has 1 heterocycles. The van der Waals surface area contributed by atoms with Crippen LogP contribution >= 0.6 is 0 Å². The molecule has 0 N–H and O–H groups in total. The van der Waals surface area contributed by atoms with Gasteiger partial charge in [0.2, 0.25) is 0 Å². The van der Waals surface area contributed by atoms with Gasteiger partial charge in [-0.15, -0.1) is 13.2 Å². The first-order valence-electron chi connectivity index (χ1n) is 6.16. The lowest BCUT2D eigenvalue weighted by Crippen LogP contribution is -2.32. The van der Waals surface area contributed by atoms with Gasteiger partial charge in [0.1, 0.15) is 15.9 Å². The highest BCUT2D eigenvalue weighted by atomic mass is 32.2. The summed E-state index contributed by atoms with van der Waals surface area (Å²) in [4.78, 5) is 10.9. The Kier molecular flexibility index (Phi) is 5.81. The van der Waals surface area contributed by atoms with E-state index in [0.29, 0.717) is 12.8 Å². The van der Waals surface area contributed by atoms with Gasteiger partial charge in [-0.2, -0.15) is 0 Å². The van der Waals surface area contributed by atoms with Gasteiger partial charge in [0.05, 0.1) is 18.1 Å². The molecule has 20 heavy (non-hydrogen) atoms. The zero-order chi connectivity index (χ0) is 15.4. The maximum absolute atomic E-state index is 12.0. The van der Waals surface area contributed by atoms with Crippen LogP contribution in [0.1, 0.15) is 26.2 Å². The summed E-state index contributed by atoms with van der Waals surface area (Å²) in [6.07, 6.45) is -4.89. The molecule has 1 rings (SSSR count). The lowest BCUT2D eigenvalue weighted by molar-refractivity contribution is -0.331. The van der Waals surface area contributed by atoms with Gasteiger partial charge >= 0.3 is 12.3 Å². The summed E-state index contributed by atoms with van der Waals surface area (Å²) in [5.74, 6) is -0.737. The lowest BCUT2D eigenvalue weighted by atomic mass is 9.96. The predicted molar refractivity (Wildman–Crippen MR) is 63.6 cm³/mol. The van der Waals surface area contributed by atoms with Gasteiger partial charge in [-0.3, -0.25) is 9.53 Å². The number of carbonyl (C=O) groups is 1. The summed E-state index contributed by atoms with van der Waals surface area (Å²) in [5.41, 5.74) is 0. The van der Waals surface area contributed by atoms with Crippen molar-refractivity contribution < 1.29 is 35.9 Å². The predicted octanol–water partition coefficient (Wildman–Crippen LogP) is 1.67. The molecule has 0 saturated carbocycles. The van der Waals surface area contributed by atoms with Crippen molar-refractivity contribution in [1.29, 1.82) is 0 Å². The van der Waals surface area contributed by atoms with Crippen LogP contribution in [-0.4, -0.2) is 45.0 Å². The molecule has 0 aliphatic carbocycles. The first-order valence-corrected chi connectivity index (χ1v) is 7.98. The molecule has 5 nitrogen and oxygen atoms in total. The van der Waals surface area contributed by atoms with Crippen molar-refractivity contribution in [3.8, 4) is 0 Å². The van der Waals surface area contributed by atoms with Crippen LogP contribution in [0.5, 0.6) is 0 Å². The topological polar surface area (TPSA) is 69.7 Å². The van der Waals surface area contributed by atoms with E-state index in [1.54, 1.807) is 0 Å². The second-order valence-corrected chi connectivity index (χ2v) is 7.12. The molecular weight excluding hydrogens is 301 g/mol. The largest absolute Gasteiger partial charge is 0.522 e. The van der Waals surface area contributed by atoms with E-state index in [4.69, 9.17) is 4.74 Å². The van der Waals surface area contributed by atoms with Crippen molar-refractivity contribution in [2.75, 3.05) is 18.1 Å². The molecule has 0 aromatic rings. The maximum Gasteiger partial charge on any atom is 0.522 e. The molecule has 0 amide bonds. The number of hydrogen-bond acceptors (Lipinski definition) is 5. The van der Waals surface area contributed by atoms with Gasteiger partial charge in [-0.1, -0.05) is 0 Å². The summed E-state index contributed by atoms with van der Waals surface area (Å²) < 4.78 is 67.0. The van der Waals surface area contributed by atoms with E-state index in [9.17, 15) is 26.4 Å². The summed E-state index contributed by atoms with van der Waals surface area (Å²) >= 11 is 0. The van der Waals surface area contributed by atoms with Crippen LogP contribution in [0.4, 0.5) is 13.2 Å². The van der Waals surface area contributed by atoms with Crippen LogP contribution in [0.3, 0.4) is 0 Å². The Labute approximate surface area is 115 Å². The molecule has 1 fully saturated rings. The molecule has 0 radical (unpaired) electrons. The number of rotatable bonds is 5. The third-order valence-electron chi connectivity index (χ3n) is 3.04. The Morgan fingerprint density at radius 3 is 2.30 bits per heavy atom.